The normalized spacial score (nSPS) is 10.4. The van der Waals surface area contributed by atoms with Crippen LogP contribution in [0.15, 0.2) is 28.2 Å². The van der Waals surface area contributed by atoms with Crippen LogP contribution in [0.3, 0.4) is 0 Å². The van der Waals surface area contributed by atoms with Crippen molar-refractivity contribution >= 4 is 17.0 Å². The molecule has 2 N–H and O–H groups in total. The van der Waals surface area contributed by atoms with Gasteiger partial charge in [-0.15, -0.1) is 11.3 Å². The van der Waals surface area contributed by atoms with E-state index in [2.05, 4.69) is 6.92 Å². The molecule has 12 heavy (non-hydrogen) atoms. The fourth-order valence-corrected chi connectivity index (χ4v) is 1.85. The van der Waals surface area contributed by atoms with Gasteiger partial charge in [-0.3, -0.25) is 0 Å². The standard InChI is InChI=1S/C9H9NOS/c1-6-7(3-5-12-6)9-8(10)2-4-11-9/h2-5H,10H2,1H3. The lowest BCUT2D eigenvalue weighted by atomic mass is 10.2. The molecule has 0 amide bonds. The Morgan fingerprint density at radius 1 is 1.42 bits per heavy atom. The molecule has 2 aromatic rings. The van der Waals surface area contributed by atoms with E-state index in [4.69, 9.17) is 10.2 Å². The Balaban J connectivity index is 2.57. The molecule has 0 bridgehead atoms. The second kappa shape index (κ2) is 2.68. The summed E-state index contributed by atoms with van der Waals surface area (Å²) < 4.78 is 5.27. The van der Waals surface area contributed by atoms with E-state index < -0.39 is 0 Å². The molecule has 0 unspecified atom stereocenters. The first-order valence-corrected chi connectivity index (χ1v) is 4.54. The van der Waals surface area contributed by atoms with Crippen LogP contribution in [0.1, 0.15) is 4.88 Å². The second-order valence-corrected chi connectivity index (χ2v) is 3.72. The van der Waals surface area contributed by atoms with Crippen LogP contribution in [-0.4, -0.2) is 0 Å². The predicted molar refractivity (Wildman–Crippen MR) is 51.2 cm³/mol. The highest BCUT2D eigenvalue weighted by molar-refractivity contribution is 7.10. The maximum Gasteiger partial charge on any atom is 0.157 e. The Morgan fingerprint density at radius 3 is 2.75 bits per heavy atom. The minimum atomic E-state index is 0.705. The van der Waals surface area contributed by atoms with E-state index >= 15 is 0 Å². The van der Waals surface area contributed by atoms with Gasteiger partial charge in [0.2, 0.25) is 0 Å². The van der Waals surface area contributed by atoms with Crippen LogP contribution in [-0.2, 0) is 0 Å². The lowest BCUT2D eigenvalue weighted by Gasteiger charge is -1.95. The summed E-state index contributed by atoms with van der Waals surface area (Å²) in [5.41, 5.74) is 7.52. The highest BCUT2D eigenvalue weighted by atomic mass is 32.1. The third-order valence-electron chi connectivity index (χ3n) is 1.80. The lowest BCUT2D eigenvalue weighted by molar-refractivity contribution is 0.583. The quantitative estimate of drug-likeness (QED) is 0.731. The average Bonchev–Trinajstić information content (AvgIpc) is 2.59. The smallest absolute Gasteiger partial charge is 0.157 e. The van der Waals surface area contributed by atoms with Crippen molar-refractivity contribution in [3.8, 4) is 11.3 Å². The SMILES string of the molecule is Cc1sccc1-c1occc1N. The number of nitrogens with two attached hydrogens (primary N) is 1. The van der Waals surface area contributed by atoms with Gasteiger partial charge in [0.25, 0.3) is 0 Å². The van der Waals surface area contributed by atoms with E-state index in [0.29, 0.717) is 5.69 Å². The molecule has 62 valence electrons. The van der Waals surface area contributed by atoms with Gasteiger partial charge in [-0.2, -0.15) is 0 Å². The maximum atomic E-state index is 5.71. The average molecular weight is 179 g/mol. The van der Waals surface area contributed by atoms with Crippen molar-refractivity contribution in [3.63, 3.8) is 0 Å². The van der Waals surface area contributed by atoms with Crippen LogP contribution < -0.4 is 5.73 Å². The lowest BCUT2D eigenvalue weighted by Crippen LogP contribution is -1.83. The van der Waals surface area contributed by atoms with Crippen LogP contribution in [0, 0.1) is 6.92 Å². The van der Waals surface area contributed by atoms with Crippen molar-refractivity contribution in [2.45, 2.75) is 6.92 Å². The van der Waals surface area contributed by atoms with E-state index in [1.54, 1.807) is 23.7 Å². The largest absolute Gasteiger partial charge is 0.462 e. The molecule has 0 atom stereocenters. The van der Waals surface area contributed by atoms with Crippen molar-refractivity contribution in [1.82, 2.24) is 0 Å². The third kappa shape index (κ3) is 1.02. The van der Waals surface area contributed by atoms with Crippen molar-refractivity contribution in [2.75, 3.05) is 5.73 Å². The van der Waals surface area contributed by atoms with Crippen LogP contribution in [0.5, 0.6) is 0 Å². The third-order valence-corrected chi connectivity index (χ3v) is 2.64. The van der Waals surface area contributed by atoms with Gasteiger partial charge in [0.15, 0.2) is 5.76 Å². The van der Waals surface area contributed by atoms with Gasteiger partial charge in [0.05, 0.1) is 12.0 Å². The number of rotatable bonds is 1. The number of furan rings is 1. The molecule has 2 rings (SSSR count). The van der Waals surface area contributed by atoms with Crippen molar-refractivity contribution in [1.29, 1.82) is 0 Å². The van der Waals surface area contributed by atoms with Crippen LogP contribution in [0.25, 0.3) is 11.3 Å². The Morgan fingerprint density at radius 2 is 2.25 bits per heavy atom. The summed E-state index contributed by atoms with van der Waals surface area (Å²) >= 11 is 1.70. The maximum absolute atomic E-state index is 5.71. The Labute approximate surface area is 74.6 Å². The van der Waals surface area contributed by atoms with Gasteiger partial charge in [0.1, 0.15) is 0 Å². The minimum absolute atomic E-state index is 0.705. The van der Waals surface area contributed by atoms with Gasteiger partial charge in [0, 0.05) is 16.5 Å². The number of hydrogen-bond acceptors (Lipinski definition) is 3. The van der Waals surface area contributed by atoms with Crippen LogP contribution >= 0.6 is 11.3 Å². The topological polar surface area (TPSA) is 39.2 Å². The predicted octanol–water partition coefficient (Wildman–Crippen LogP) is 2.90. The summed E-state index contributed by atoms with van der Waals surface area (Å²) in [6.07, 6.45) is 1.61. The van der Waals surface area contributed by atoms with E-state index in [-0.39, 0.29) is 0 Å². The van der Waals surface area contributed by atoms with Gasteiger partial charge in [-0.25, -0.2) is 0 Å². The molecule has 0 spiro atoms. The van der Waals surface area contributed by atoms with Crippen molar-refractivity contribution in [2.24, 2.45) is 0 Å². The zero-order chi connectivity index (χ0) is 8.55. The summed E-state index contributed by atoms with van der Waals surface area (Å²) in [6, 6.07) is 3.79. The van der Waals surface area contributed by atoms with Gasteiger partial charge in [-0.05, 0) is 18.4 Å². The first-order valence-electron chi connectivity index (χ1n) is 3.66. The monoisotopic (exact) mass is 179 g/mol. The molecule has 0 saturated heterocycles. The first-order chi connectivity index (χ1) is 5.79. The second-order valence-electron chi connectivity index (χ2n) is 2.60. The number of hydrogen-bond donors (Lipinski definition) is 1. The van der Waals surface area contributed by atoms with Crippen molar-refractivity contribution in [3.05, 3.63) is 28.7 Å². The zero-order valence-corrected chi connectivity index (χ0v) is 7.52. The molecule has 2 aromatic heterocycles. The van der Waals surface area contributed by atoms with Gasteiger partial charge >= 0.3 is 0 Å². The summed E-state index contributed by atoms with van der Waals surface area (Å²) in [5.74, 6) is 0.786. The Hall–Kier alpha value is -1.22. The molecule has 0 fully saturated rings. The Kier molecular flexibility index (Phi) is 1.66. The van der Waals surface area contributed by atoms with Crippen LogP contribution in [0.2, 0.25) is 0 Å². The van der Waals surface area contributed by atoms with E-state index in [0.717, 1.165) is 11.3 Å². The van der Waals surface area contributed by atoms with Crippen LogP contribution in [0.4, 0.5) is 5.69 Å². The molecule has 2 nitrogen and oxygen atoms in total. The highest BCUT2D eigenvalue weighted by Gasteiger charge is 2.08. The summed E-state index contributed by atoms with van der Waals surface area (Å²) in [4.78, 5) is 1.23. The fourth-order valence-electron chi connectivity index (χ4n) is 1.16. The molecule has 0 aromatic carbocycles. The summed E-state index contributed by atoms with van der Waals surface area (Å²) in [7, 11) is 0. The van der Waals surface area contributed by atoms with E-state index in [9.17, 15) is 0 Å². The number of anilines is 1. The van der Waals surface area contributed by atoms with Gasteiger partial charge < -0.3 is 10.2 Å². The molecule has 0 aliphatic rings. The fraction of sp³-hybridized carbons (Fsp3) is 0.111. The Bertz CT molecular complexity index is 350. The molecular formula is C9H9NOS. The number of thiophene rings is 1. The molecule has 0 radical (unpaired) electrons. The molecule has 0 aliphatic heterocycles. The van der Waals surface area contributed by atoms with E-state index in [1.165, 1.54) is 4.88 Å². The summed E-state index contributed by atoms with van der Waals surface area (Å²) in [6.45, 7) is 2.06. The summed E-state index contributed by atoms with van der Waals surface area (Å²) in [5, 5.41) is 2.03. The van der Waals surface area contributed by atoms with Crippen molar-refractivity contribution < 1.29 is 4.42 Å². The highest BCUT2D eigenvalue weighted by Crippen LogP contribution is 2.32. The molecule has 0 saturated carbocycles. The number of aryl methyl sites for hydroxylation is 1. The number of nitrogen functional groups attached to an aromatic ring is 1. The first kappa shape index (κ1) is 7.43. The van der Waals surface area contributed by atoms with E-state index in [1.807, 2.05) is 11.4 Å². The minimum Gasteiger partial charge on any atom is -0.462 e. The molecular weight excluding hydrogens is 170 g/mol. The molecule has 2 heterocycles. The molecule has 3 heteroatoms. The zero-order valence-electron chi connectivity index (χ0n) is 6.70. The molecule has 0 aliphatic carbocycles. The van der Waals surface area contributed by atoms with Gasteiger partial charge in [-0.1, -0.05) is 0 Å².